The van der Waals surface area contributed by atoms with Crippen molar-refractivity contribution in [3.05, 3.63) is 83.4 Å². The molecule has 3 aromatic rings. The molecule has 0 amide bonds. The number of hydrogen-bond donors (Lipinski definition) is 1. The lowest BCUT2D eigenvalue weighted by Gasteiger charge is -2.23. The predicted octanol–water partition coefficient (Wildman–Crippen LogP) is 6.03. The van der Waals surface area contributed by atoms with E-state index in [9.17, 15) is 8.42 Å². The van der Waals surface area contributed by atoms with Gasteiger partial charge in [-0.2, -0.15) is 13.5 Å². The van der Waals surface area contributed by atoms with Crippen LogP contribution in [0.2, 0.25) is 5.02 Å². The Morgan fingerprint density at radius 3 is 2.24 bits per heavy atom. The highest BCUT2D eigenvalue weighted by Gasteiger charge is 2.12. The molecule has 0 fully saturated rings. The number of benzene rings is 3. The minimum Gasteiger partial charge on any atom is -0.367 e. The number of hydrogen-bond acceptors (Lipinski definition) is 5. The van der Waals surface area contributed by atoms with Gasteiger partial charge in [-0.05, 0) is 55.0 Å². The fourth-order valence-electron chi connectivity index (χ4n) is 2.76. The van der Waals surface area contributed by atoms with Crippen molar-refractivity contribution in [3.8, 4) is 0 Å². The van der Waals surface area contributed by atoms with Gasteiger partial charge in [0.25, 0.3) is 10.1 Å². The molecule has 0 saturated heterocycles. The molecule has 0 atom stereocenters. The van der Waals surface area contributed by atoms with Gasteiger partial charge in [0.1, 0.15) is 5.69 Å². The molecule has 0 aliphatic heterocycles. The smallest absolute Gasteiger partial charge is 0.294 e. The van der Waals surface area contributed by atoms with Gasteiger partial charge in [0.2, 0.25) is 0 Å². The van der Waals surface area contributed by atoms with E-state index < -0.39 is 10.1 Å². The summed E-state index contributed by atoms with van der Waals surface area (Å²) in [5.41, 5.74) is 3.26. The highest BCUT2D eigenvalue weighted by molar-refractivity contribution is 7.85. The van der Waals surface area contributed by atoms with Gasteiger partial charge in [0.05, 0.1) is 15.6 Å². The lowest BCUT2D eigenvalue weighted by Crippen LogP contribution is -2.21. The molecule has 8 heteroatoms. The van der Waals surface area contributed by atoms with E-state index in [0.717, 1.165) is 24.8 Å². The molecule has 0 aromatic heterocycles. The van der Waals surface area contributed by atoms with Crippen molar-refractivity contribution in [2.45, 2.75) is 18.4 Å². The van der Waals surface area contributed by atoms with Gasteiger partial charge in [-0.25, -0.2) is 0 Å². The maximum Gasteiger partial charge on any atom is 0.294 e. The van der Waals surface area contributed by atoms with Crippen LogP contribution in [-0.2, 0) is 16.7 Å². The molecule has 0 radical (unpaired) electrons. The lowest BCUT2D eigenvalue weighted by molar-refractivity contribution is 0.483. The van der Waals surface area contributed by atoms with E-state index >= 15 is 0 Å². The third-order valence-corrected chi connectivity index (χ3v) is 5.46. The number of nitrogens with zero attached hydrogens (tertiary/aromatic N) is 3. The SMILES string of the molecule is CCN(Cc1ccccc1)c1ccc(N=Nc2ccc(S(=O)(=O)O)cc2Cl)cc1. The quantitative estimate of drug-likeness (QED) is 0.367. The van der Waals surface area contributed by atoms with Crippen LogP contribution in [-0.4, -0.2) is 19.5 Å². The Morgan fingerprint density at radius 1 is 0.966 bits per heavy atom. The largest absolute Gasteiger partial charge is 0.367 e. The number of anilines is 1. The molecule has 1 N–H and O–H groups in total. The summed E-state index contributed by atoms with van der Waals surface area (Å²) in [6.07, 6.45) is 0. The fourth-order valence-corrected chi connectivity index (χ4v) is 3.55. The fraction of sp³-hybridized carbons (Fsp3) is 0.143. The van der Waals surface area contributed by atoms with E-state index in [0.29, 0.717) is 11.4 Å². The highest BCUT2D eigenvalue weighted by Crippen LogP contribution is 2.30. The standard InChI is InChI=1S/C21H20ClN3O3S/c1-2-25(15-16-6-4-3-5-7-16)18-10-8-17(9-11-18)23-24-21-13-12-19(14-20(21)22)29(26,27)28/h3-14H,2,15H2,1H3,(H,26,27,28). The summed E-state index contributed by atoms with van der Waals surface area (Å²) in [7, 11) is -4.31. The number of rotatable bonds is 7. The second-order valence-corrected chi connectivity index (χ2v) is 8.13. The molecule has 29 heavy (non-hydrogen) atoms. The first kappa shape index (κ1) is 21.0. The van der Waals surface area contributed by atoms with E-state index in [1.165, 1.54) is 17.7 Å². The van der Waals surface area contributed by atoms with Crippen LogP contribution in [0.25, 0.3) is 0 Å². The topological polar surface area (TPSA) is 82.3 Å². The average Bonchev–Trinajstić information content (AvgIpc) is 2.71. The molecule has 0 unspecified atom stereocenters. The number of azo groups is 1. The lowest BCUT2D eigenvalue weighted by atomic mass is 10.2. The van der Waals surface area contributed by atoms with Crippen LogP contribution in [0.3, 0.4) is 0 Å². The Labute approximate surface area is 175 Å². The first-order chi connectivity index (χ1) is 13.9. The Hall–Kier alpha value is -2.74. The first-order valence-electron chi connectivity index (χ1n) is 8.94. The number of halogens is 1. The second kappa shape index (κ2) is 9.17. The Kier molecular flexibility index (Phi) is 6.64. The minimum atomic E-state index is -4.31. The van der Waals surface area contributed by atoms with Crippen molar-refractivity contribution < 1.29 is 13.0 Å². The van der Waals surface area contributed by atoms with Crippen LogP contribution >= 0.6 is 11.6 Å². The summed E-state index contributed by atoms with van der Waals surface area (Å²) < 4.78 is 31.3. The molecular weight excluding hydrogens is 410 g/mol. The summed E-state index contributed by atoms with van der Waals surface area (Å²) in [5.74, 6) is 0. The van der Waals surface area contributed by atoms with Crippen molar-refractivity contribution in [1.82, 2.24) is 0 Å². The van der Waals surface area contributed by atoms with Gasteiger partial charge in [0.15, 0.2) is 0 Å². The van der Waals surface area contributed by atoms with Crippen LogP contribution in [0.15, 0.2) is 87.9 Å². The summed E-state index contributed by atoms with van der Waals surface area (Å²) in [6, 6.07) is 21.7. The van der Waals surface area contributed by atoms with Crippen molar-refractivity contribution in [2.75, 3.05) is 11.4 Å². The van der Waals surface area contributed by atoms with Crippen LogP contribution < -0.4 is 4.90 Å². The van der Waals surface area contributed by atoms with Gasteiger partial charge < -0.3 is 4.90 Å². The van der Waals surface area contributed by atoms with E-state index in [1.807, 2.05) is 42.5 Å². The van der Waals surface area contributed by atoms with Crippen molar-refractivity contribution in [3.63, 3.8) is 0 Å². The van der Waals surface area contributed by atoms with Crippen LogP contribution in [0.4, 0.5) is 17.1 Å². The molecule has 0 spiro atoms. The summed E-state index contributed by atoms with van der Waals surface area (Å²) >= 11 is 6.03. The zero-order chi connectivity index (χ0) is 20.9. The van der Waals surface area contributed by atoms with E-state index in [2.05, 4.69) is 34.2 Å². The Morgan fingerprint density at radius 2 is 1.66 bits per heavy atom. The second-order valence-electron chi connectivity index (χ2n) is 6.30. The Balaban J connectivity index is 1.73. The van der Waals surface area contributed by atoms with Crippen LogP contribution in [0.5, 0.6) is 0 Å². The summed E-state index contributed by atoms with van der Waals surface area (Å²) in [5, 5.41) is 8.30. The minimum absolute atomic E-state index is 0.0838. The van der Waals surface area contributed by atoms with E-state index in [1.54, 1.807) is 0 Å². The first-order valence-corrected chi connectivity index (χ1v) is 10.8. The molecule has 6 nitrogen and oxygen atoms in total. The average molecular weight is 430 g/mol. The maximum absolute atomic E-state index is 11.1. The summed E-state index contributed by atoms with van der Waals surface area (Å²) in [6.45, 7) is 3.79. The molecule has 150 valence electrons. The molecule has 0 aliphatic rings. The summed E-state index contributed by atoms with van der Waals surface area (Å²) in [4.78, 5) is 1.96. The molecule has 0 heterocycles. The zero-order valence-corrected chi connectivity index (χ0v) is 17.3. The molecule has 0 saturated carbocycles. The molecule has 0 bridgehead atoms. The van der Waals surface area contributed by atoms with Crippen molar-refractivity contribution >= 4 is 38.8 Å². The van der Waals surface area contributed by atoms with Gasteiger partial charge >= 0.3 is 0 Å². The van der Waals surface area contributed by atoms with Crippen LogP contribution in [0.1, 0.15) is 12.5 Å². The monoisotopic (exact) mass is 429 g/mol. The maximum atomic E-state index is 11.1. The van der Waals surface area contributed by atoms with Gasteiger partial charge in [-0.3, -0.25) is 4.55 Å². The van der Waals surface area contributed by atoms with E-state index in [4.69, 9.17) is 16.2 Å². The predicted molar refractivity (Wildman–Crippen MR) is 115 cm³/mol. The van der Waals surface area contributed by atoms with Crippen molar-refractivity contribution in [1.29, 1.82) is 0 Å². The van der Waals surface area contributed by atoms with Gasteiger partial charge in [-0.15, -0.1) is 5.11 Å². The van der Waals surface area contributed by atoms with Gasteiger partial charge in [-0.1, -0.05) is 41.9 Å². The Bertz CT molecular complexity index is 1100. The zero-order valence-electron chi connectivity index (χ0n) is 15.7. The highest BCUT2D eigenvalue weighted by atomic mass is 35.5. The third kappa shape index (κ3) is 5.63. The molecule has 0 aliphatic carbocycles. The van der Waals surface area contributed by atoms with Gasteiger partial charge in [0, 0.05) is 18.8 Å². The molecular formula is C21H20ClN3O3S. The molecule has 3 aromatic carbocycles. The molecule has 3 rings (SSSR count). The van der Waals surface area contributed by atoms with Crippen LogP contribution in [0, 0.1) is 0 Å². The van der Waals surface area contributed by atoms with Crippen molar-refractivity contribution in [2.24, 2.45) is 10.2 Å². The third-order valence-electron chi connectivity index (χ3n) is 4.30. The normalized spacial score (nSPS) is 11.7. The van der Waals surface area contributed by atoms with E-state index in [-0.39, 0.29) is 9.92 Å².